The van der Waals surface area contributed by atoms with E-state index in [0.717, 1.165) is 18.8 Å². The molecule has 0 amide bonds. The van der Waals surface area contributed by atoms with Gasteiger partial charge in [-0.2, -0.15) is 0 Å². The van der Waals surface area contributed by atoms with Gasteiger partial charge in [0.2, 0.25) is 0 Å². The third-order valence-electron chi connectivity index (χ3n) is 2.69. The Labute approximate surface area is 82.9 Å². The van der Waals surface area contributed by atoms with Crippen LogP contribution in [0.5, 0.6) is 0 Å². The molecule has 0 radical (unpaired) electrons. The summed E-state index contributed by atoms with van der Waals surface area (Å²) in [5.41, 5.74) is 1.35. The molecule has 13 heavy (non-hydrogen) atoms. The Morgan fingerprint density at radius 1 is 1.15 bits per heavy atom. The van der Waals surface area contributed by atoms with Crippen molar-refractivity contribution in [3.05, 3.63) is 0 Å². The Kier molecular flexibility index (Phi) is 3.95. The second kappa shape index (κ2) is 4.58. The zero-order valence-electron chi connectivity index (χ0n) is 9.30. The van der Waals surface area contributed by atoms with Crippen LogP contribution < -0.4 is 0 Å². The first-order chi connectivity index (χ1) is 6.17. The molecule has 0 N–H and O–H groups in total. The summed E-state index contributed by atoms with van der Waals surface area (Å²) >= 11 is 0. The van der Waals surface area contributed by atoms with Gasteiger partial charge in [0.05, 0.1) is 0 Å². The lowest BCUT2D eigenvalue weighted by Gasteiger charge is -2.33. The average molecular weight is 202 g/mol. The monoisotopic (exact) mass is 202 g/mol. The normalized spacial score (nSPS) is 18.2. The molecule has 0 aromatic heterocycles. The molecule has 0 bridgehead atoms. The highest BCUT2D eigenvalue weighted by molar-refractivity contribution is 6.71. The van der Waals surface area contributed by atoms with E-state index in [4.69, 9.17) is 8.85 Å². The average Bonchev–Trinajstić information content (AvgIpc) is 2.85. The van der Waals surface area contributed by atoms with E-state index in [2.05, 4.69) is 27.7 Å². The van der Waals surface area contributed by atoms with Crippen LogP contribution in [-0.4, -0.2) is 21.8 Å². The third kappa shape index (κ3) is 2.33. The molecule has 1 aliphatic rings. The van der Waals surface area contributed by atoms with Gasteiger partial charge in [0.1, 0.15) is 0 Å². The highest BCUT2D eigenvalue weighted by Gasteiger charge is 2.53. The third-order valence-corrected chi connectivity index (χ3v) is 7.50. The molecule has 0 aromatic carbocycles. The zero-order valence-corrected chi connectivity index (χ0v) is 10.3. The van der Waals surface area contributed by atoms with Gasteiger partial charge in [-0.05, 0) is 32.2 Å². The van der Waals surface area contributed by atoms with Gasteiger partial charge < -0.3 is 8.85 Å². The van der Waals surface area contributed by atoms with Crippen LogP contribution in [-0.2, 0) is 8.85 Å². The van der Waals surface area contributed by atoms with E-state index >= 15 is 0 Å². The van der Waals surface area contributed by atoms with Crippen LogP contribution in [0.25, 0.3) is 0 Å². The molecular formula is C10H22O2Si. The Bertz CT molecular complexity index is 145. The molecule has 0 heterocycles. The van der Waals surface area contributed by atoms with Gasteiger partial charge in [0, 0.05) is 18.8 Å². The fraction of sp³-hybridized carbons (Fsp3) is 1.00. The van der Waals surface area contributed by atoms with Crippen LogP contribution >= 0.6 is 0 Å². The predicted octanol–water partition coefficient (Wildman–Crippen LogP) is 3.08. The first-order valence-electron chi connectivity index (χ1n) is 5.45. The summed E-state index contributed by atoms with van der Waals surface area (Å²) in [5, 5.41) is 0. The molecular weight excluding hydrogens is 180 g/mol. The summed E-state index contributed by atoms with van der Waals surface area (Å²) in [4.78, 5) is 0. The highest BCUT2D eigenvalue weighted by atomic mass is 28.4. The molecule has 0 spiro atoms. The standard InChI is InChI=1S/C10H22O2Si/c1-5-11-13(9(3)4,12-6-2)10-7-8-10/h9-10H,5-8H2,1-4H3. The van der Waals surface area contributed by atoms with Gasteiger partial charge in [-0.25, -0.2) is 0 Å². The van der Waals surface area contributed by atoms with E-state index in [1.807, 2.05) is 0 Å². The Balaban J connectivity index is 2.66. The van der Waals surface area contributed by atoms with Crippen molar-refractivity contribution in [2.75, 3.05) is 13.2 Å². The molecule has 2 nitrogen and oxygen atoms in total. The summed E-state index contributed by atoms with van der Waals surface area (Å²) in [7, 11) is -1.84. The maximum absolute atomic E-state index is 5.97. The van der Waals surface area contributed by atoms with Crippen LogP contribution in [0, 0.1) is 0 Å². The van der Waals surface area contributed by atoms with E-state index in [0.29, 0.717) is 5.54 Å². The van der Waals surface area contributed by atoms with E-state index in [1.165, 1.54) is 12.8 Å². The van der Waals surface area contributed by atoms with Crippen molar-refractivity contribution >= 4 is 8.56 Å². The van der Waals surface area contributed by atoms with Gasteiger partial charge in [-0.3, -0.25) is 0 Å². The maximum atomic E-state index is 5.97. The minimum absolute atomic E-state index is 0.583. The summed E-state index contributed by atoms with van der Waals surface area (Å²) < 4.78 is 11.9. The molecule has 1 fully saturated rings. The molecule has 1 aliphatic carbocycles. The highest BCUT2D eigenvalue weighted by Crippen LogP contribution is 2.50. The number of rotatable bonds is 6. The molecule has 0 aliphatic heterocycles. The van der Waals surface area contributed by atoms with Crippen LogP contribution in [0.15, 0.2) is 0 Å². The fourth-order valence-electron chi connectivity index (χ4n) is 2.02. The second-order valence-electron chi connectivity index (χ2n) is 4.02. The molecule has 78 valence electrons. The molecule has 0 atom stereocenters. The van der Waals surface area contributed by atoms with Crippen LogP contribution in [0.1, 0.15) is 40.5 Å². The Morgan fingerprint density at radius 3 is 1.85 bits per heavy atom. The van der Waals surface area contributed by atoms with Crippen molar-refractivity contribution in [2.45, 2.75) is 51.6 Å². The van der Waals surface area contributed by atoms with Crippen LogP contribution in [0.4, 0.5) is 0 Å². The lowest BCUT2D eigenvalue weighted by molar-refractivity contribution is 0.173. The summed E-state index contributed by atoms with van der Waals surface area (Å²) in [6, 6.07) is 0. The zero-order chi connectivity index (χ0) is 9.90. The first-order valence-corrected chi connectivity index (χ1v) is 7.42. The summed E-state index contributed by atoms with van der Waals surface area (Å²) in [6.07, 6.45) is 2.65. The smallest absolute Gasteiger partial charge is 0.343 e. The molecule has 1 rings (SSSR count). The quantitative estimate of drug-likeness (QED) is 0.616. The van der Waals surface area contributed by atoms with Crippen molar-refractivity contribution in [3.63, 3.8) is 0 Å². The van der Waals surface area contributed by atoms with Gasteiger partial charge in [0.15, 0.2) is 0 Å². The van der Waals surface area contributed by atoms with Crippen molar-refractivity contribution in [1.82, 2.24) is 0 Å². The molecule has 3 heteroatoms. The van der Waals surface area contributed by atoms with Gasteiger partial charge in [-0.15, -0.1) is 0 Å². The van der Waals surface area contributed by atoms with E-state index in [-0.39, 0.29) is 0 Å². The lowest BCUT2D eigenvalue weighted by atomic mass is 10.6. The fourth-order valence-corrected chi connectivity index (χ4v) is 6.06. The van der Waals surface area contributed by atoms with Crippen LogP contribution in [0.3, 0.4) is 0 Å². The molecule has 0 aromatic rings. The number of hydrogen-bond acceptors (Lipinski definition) is 2. The lowest BCUT2D eigenvalue weighted by Crippen LogP contribution is -2.46. The first kappa shape index (κ1) is 11.2. The second-order valence-corrected chi connectivity index (χ2v) is 8.01. The maximum Gasteiger partial charge on any atom is 0.343 e. The SMILES string of the molecule is CCO[Si](OCC)(C(C)C)C1CC1. The topological polar surface area (TPSA) is 18.5 Å². The van der Waals surface area contributed by atoms with E-state index < -0.39 is 8.56 Å². The van der Waals surface area contributed by atoms with E-state index in [1.54, 1.807) is 0 Å². The van der Waals surface area contributed by atoms with E-state index in [9.17, 15) is 0 Å². The minimum Gasteiger partial charge on any atom is -0.394 e. The van der Waals surface area contributed by atoms with Gasteiger partial charge >= 0.3 is 8.56 Å². The molecule has 0 saturated heterocycles. The van der Waals surface area contributed by atoms with Crippen molar-refractivity contribution in [3.8, 4) is 0 Å². The minimum atomic E-state index is -1.84. The van der Waals surface area contributed by atoms with Crippen molar-refractivity contribution in [1.29, 1.82) is 0 Å². The molecule has 1 saturated carbocycles. The Morgan fingerprint density at radius 2 is 1.62 bits per heavy atom. The van der Waals surface area contributed by atoms with Crippen molar-refractivity contribution in [2.24, 2.45) is 0 Å². The number of hydrogen-bond donors (Lipinski definition) is 0. The van der Waals surface area contributed by atoms with Gasteiger partial charge in [0.25, 0.3) is 0 Å². The van der Waals surface area contributed by atoms with Gasteiger partial charge in [-0.1, -0.05) is 13.8 Å². The predicted molar refractivity (Wildman–Crippen MR) is 57.1 cm³/mol. The largest absolute Gasteiger partial charge is 0.394 e. The summed E-state index contributed by atoms with van der Waals surface area (Å²) in [6.45, 7) is 10.3. The summed E-state index contributed by atoms with van der Waals surface area (Å²) in [5.74, 6) is 0. The molecule has 0 unspecified atom stereocenters. The van der Waals surface area contributed by atoms with Crippen molar-refractivity contribution < 1.29 is 8.85 Å². The van der Waals surface area contributed by atoms with Crippen LogP contribution in [0.2, 0.25) is 11.1 Å². The Hall–Kier alpha value is 0.137.